The fourth-order valence-corrected chi connectivity index (χ4v) is 2.88. The molecule has 2 fully saturated rings. The first kappa shape index (κ1) is 12.1. The first-order chi connectivity index (χ1) is 8.24. The van der Waals surface area contributed by atoms with E-state index >= 15 is 0 Å². The Balaban J connectivity index is 1.78. The molecule has 1 aromatic heterocycles. The predicted molar refractivity (Wildman–Crippen MR) is 73.0 cm³/mol. The van der Waals surface area contributed by atoms with Crippen molar-refractivity contribution < 1.29 is 4.74 Å². The van der Waals surface area contributed by atoms with Gasteiger partial charge in [-0.15, -0.1) is 0 Å². The molecule has 0 aliphatic carbocycles. The molecule has 2 aliphatic heterocycles. The monoisotopic (exact) mass is 365 g/mol. The van der Waals surface area contributed by atoms with Crippen molar-refractivity contribution in [3.63, 3.8) is 0 Å². The van der Waals surface area contributed by atoms with E-state index in [-0.39, 0.29) is 6.10 Å². The molecule has 0 saturated carbocycles. The Kier molecular flexibility index (Phi) is 3.52. The molecule has 1 aromatic rings. The van der Waals surface area contributed by atoms with Crippen LogP contribution in [-0.2, 0) is 4.74 Å². The molecule has 3 heterocycles. The van der Waals surface area contributed by atoms with E-state index in [1.54, 1.807) is 6.20 Å². The zero-order chi connectivity index (χ0) is 11.8. The third kappa shape index (κ3) is 2.43. The van der Waals surface area contributed by atoms with Crippen LogP contribution in [0.15, 0.2) is 6.20 Å². The average Bonchev–Trinajstić information content (AvgIpc) is 2.79. The summed E-state index contributed by atoms with van der Waals surface area (Å²) in [5, 5.41) is 0.516. The van der Waals surface area contributed by atoms with Crippen molar-refractivity contribution in [2.45, 2.75) is 25.0 Å². The molecular formula is C11H13ClIN3O. The molecule has 0 radical (unpaired) electrons. The zero-order valence-electron chi connectivity index (χ0n) is 9.27. The van der Waals surface area contributed by atoms with Crippen LogP contribution in [0.1, 0.15) is 24.8 Å². The summed E-state index contributed by atoms with van der Waals surface area (Å²) < 4.78 is 6.72. The van der Waals surface area contributed by atoms with Gasteiger partial charge < -0.3 is 4.74 Å². The van der Waals surface area contributed by atoms with Crippen molar-refractivity contribution >= 4 is 34.2 Å². The molecule has 17 heavy (non-hydrogen) atoms. The van der Waals surface area contributed by atoms with Gasteiger partial charge in [-0.05, 0) is 42.0 Å². The molecule has 4 nitrogen and oxygen atoms in total. The van der Waals surface area contributed by atoms with Gasteiger partial charge in [0.2, 0.25) is 0 Å². The Bertz CT molecular complexity index is 431. The van der Waals surface area contributed by atoms with Gasteiger partial charge in [-0.1, -0.05) is 11.6 Å². The normalized spacial score (nSPS) is 29.3. The van der Waals surface area contributed by atoms with Crippen molar-refractivity contribution in [1.82, 2.24) is 14.9 Å². The van der Waals surface area contributed by atoms with Crippen LogP contribution in [-0.4, -0.2) is 40.6 Å². The van der Waals surface area contributed by atoms with Crippen LogP contribution in [0.3, 0.4) is 0 Å². The molecule has 0 aromatic carbocycles. The van der Waals surface area contributed by atoms with Gasteiger partial charge in [-0.25, -0.2) is 9.97 Å². The van der Waals surface area contributed by atoms with Crippen LogP contribution >= 0.6 is 34.2 Å². The van der Waals surface area contributed by atoms with Gasteiger partial charge in [0, 0.05) is 18.8 Å². The van der Waals surface area contributed by atoms with E-state index < -0.39 is 0 Å². The van der Waals surface area contributed by atoms with Gasteiger partial charge in [0.05, 0.1) is 10.2 Å². The highest BCUT2D eigenvalue weighted by Gasteiger charge is 2.34. The van der Waals surface area contributed by atoms with Gasteiger partial charge in [-0.2, -0.15) is 0 Å². The molecule has 92 valence electrons. The molecule has 3 rings (SSSR count). The molecule has 2 unspecified atom stereocenters. The molecule has 6 heteroatoms. The molecule has 0 N–H and O–H groups in total. The van der Waals surface area contributed by atoms with E-state index in [0.717, 1.165) is 16.7 Å². The highest BCUT2D eigenvalue weighted by atomic mass is 127. The Labute approximate surface area is 119 Å². The zero-order valence-corrected chi connectivity index (χ0v) is 12.2. The van der Waals surface area contributed by atoms with Crippen LogP contribution in [0, 0.1) is 3.57 Å². The smallest absolute Gasteiger partial charge is 0.160 e. The Morgan fingerprint density at radius 3 is 3.24 bits per heavy atom. The number of aromatic nitrogens is 2. The number of morpholine rings is 1. The number of fused-ring (bicyclic) bond motifs is 1. The summed E-state index contributed by atoms with van der Waals surface area (Å²) in [4.78, 5) is 11.1. The Hall–Kier alpha value is 0.0200. The van der Waals surface area contributed by atoms with Gasteiger partial charge in [0.15, 0.2) is 5.82 Å². The fourth-order valence-electron chi connectivity index (χ4n) is 2.49. The molecule has 0 amide bonds. The van der Waals surface area contributed by atoms with Crippen LogP contribution < -0.4 is 0 Å². The lowest BCUT2D eigenvalue weighted by Gasteiger charge is -2.34. The standard InChI is InChI=1S/C11H13ClIN3O/c12-10-8(13)4-14-11(15-10)9-5-16-3-1-2-7(16)6-17-9/h4,7,9H,1-3,5-6H2. The molecular weight excluding hydrogens is 352 g/mol. The van der Waals surface area contributed by atoms with Gasteiger partial charge in [0.1, 0.15) is 11.3 Å². The van der Waals surface area contributed by atoms with E-state index in [4.69, 9.17) is 16.3 Å². The van der Waals surface area contributed by atoms with Crippen LogP contribution in [0.4, 0.5) is 0 Å². The maximum absolute atomic E-state index is 6.02. The van der Waals surface area contributed by atoms with Gasteiger partial charge >= 0.3 is 0 Å². The molecule has 2 atom stereocenters. The van der Waals surface area contributed by atoms with Crippen LogP contribution in [0.2, 0.25) is 5.15 Å². The SMILES string of the molecule is Clc1nc(C2CN3CCCC3CO2)ncc1I. The third-order valence-corrected chi connectivity index (χ3v) is 4.79. The molecule has 0 bridgehead atoms. The average molecular weight is 366 g/mol. The van der Waals surface area contributed by atoms with Gasteiger partial charge in [-0.3, -0.25) is 4.90 Å². The minimum Gasteiger partial charge on any atom is -0.367 e. The summed E-state index contributed by atoms with van der Waals surface area (Å²) >= 11 is 8.14. The first-order valence-electron chi connectivity index (χ1n) is 5.77. The van der Waals surface area contributed by atoms with Crippen molar-refractivity contribution in [1.29, 1.82) is 0 Å². The third-order valence-electron chi connectivity index (χ3n) is 3.40. The van der Waals surface area contributed by atoms with E-state index in [1.807, 2.05) is 0 Å². The fraction of sp³-hybridized carbons (Fsp3) is 0.636. The molecule has 2 saturated heterocycles. The maximum Gasteiger partial charge on any atom is 0.160 e. The minimum absolute atomic E-state index is 0.0288. The molecule has 0 spiro atoms. The molecule has 2 aliphatic rings. The van der Waals surface area contributed by atoms with Gasteiger partial charge in [0.25, 0.3) is 0 Å². The maximum atomic E-state index is 6.02. The lowest BCUT2D eigenvalue weighted by atomic mass is 10.2. The first-order valence-corrected chi connectivity index (χ1v) is 7.23. The van der Waals surface area contributed by atoms with Crippen molar-refractivity contribution in [2.24, 2.45) is 0 Å². The summed E-state index contributed by atoms with van der Waals surface area (Å²) in [6.45, 7) is 2.85. The van der Waals surface area contributed by atoms with E-state index in [2.05, 4.69) is 37.5 Å². The lowest BCUT2D eigenvalue weighted by molar-refractivity contribution is -0.0541. The number of nitrogens with zero attached hydrogens (tertiary/aromatic N) is 3. The minimum atomic E-state index is -0.0288. The number of halogens is 2. The Morgan fingerprint density at radius 2 is 2.41 bits per heavy atom. The highest BCUT2D eigenvalue weighted by molar-refractivity contribution is 14.1. The summed E-state index contributed by atoms with van der Waals surface area (Å²) in [6.07, 6.45) is 4.25. The number of rotatable bonds is 1. The van der Waals surface area contributed by atoms with Crippen molar-refractivity contribution in [2.75, 3.05) is 19.7 Å². The summed E-state index contributed by atoms with van der Waals surface area (Å²) in [5.41, 5.74) is 0. The second-order valence-corrected chi connectivity index (χ2v) is 6.00. The largest absolute Gasteiger partial charge is 0.367 e. The highest BCUT2D eigenvalue weighted by Crippen LogP contribution is 2.29. The van der Waals surface area contributed by atoms with Crippen LogP contribution in [0.25, 0.3) is 0 Å². The quantitative estimate of drug-likeness (QED) is 0.565. The van der Waals surface area contributed by atoms with Crippen molar-refractivity contribution in [3.05, 3.63) is 20.7 Å². The number of hydrogen-bond acceptors (Lipinski definition) is 4. The topological polar surface area (TPSA) is 38.2 Å². The number of ether oxygens (including phenoxy) is 1. The van der Waals surface area contributed by atoms with Crippen molar-refractivity contribution in [3.8, 4) is 0 Å². The predicted octanol–water partition coefficient (Wildman–Crippen LogP) is 2.27. The lowest BCUT2D eigenvalue weighted by Crippen LogP contribution is -2.42. The second kappa shape index (κ2) is 4.95. The summed E-state index contributed by atoms with van der Waals surface area (Å²) in [7, 11) is 0. The van der Waals surface area contributed by atoms with Crippen LogP contribution in [0.5, 0.6) is 0 Å². The Morgan fingerprint density at radius 1 is 1.53 bits per heavy atom. The summed E-state index contributed by atoms with van der Waals surface area (Å²) in [5.74, 6) is 0.709. The van der Waals surface area contributed by atoms with E-state index in [1.165, 1.54) is 19.4 Å². The second-order valence-electron chi connectivity index (χ2n) is 4.48. The van der Waals surface area contributed by atoms with E-state index in [0.29, 0.717) is 17.0 Å². The summed E-state index contributed by atoms with van der Waals surface area (Å²) in [6, 6.07) is 0.602. The number of hydrogen-bond donors (Lipinski definition) is 0. The van der Waals surface area contributed by atoms with E-state index in [9.17, 15) is 0 Å².